The summed E-state index contributed by atoms with van der Waals surface area (Å²) in [5, 5.41) is 12.6. The molecule has 14 nitrogen and oxygen atoms in total. The predicted molar refractivity (Wildman–Crippen MR) is 142 cm³/mol. The molecule has 0 aliphatic carbocycles. The summed E-state index contributed by atoms with van der Waals surface area (Å²) in [6.07, 6.45) is -2.57. The van der Waals surface area contributed by atoms with Gasteiger partial charge in [0.25, 0.3) is 0 Å². The maximum absolute atomic E-state index is 13.1. The lowest BCUT2D eigenvalue weighted by Crippen LogP contribution is -2.63. The van der Waals surface area contributed by atoms with Crippen LogP contribution in [-0.2, 0) is 42.8 Å². The van der Waals surface area contributed by atoms with E-state index in [0.717, 1.165) is 0 Å². The number of carbonyl (C=O) groups is 5. The Kier molecular flexibility index (Phi) is 10.9. The molecule has 41 heavy (non-hydrogen) atoms. The lowest BCUT2D eigenvalue weighted by atomic mass is 9.79. The van der Waals surface area contributed by atoms with Gasteiger partial charge in [0.15, 0.2) is 0 Å². The first-order valence-electron chi connectivity index (χ1n) is 13.4. The quantitative estimate of drug-likeness (QED) is 0.152. The summed E-state index contributed by atoms with van der Waals surface area (Å²) in [6.45, 7) is 9.35. The third-order valence-corrected chi connectivity index (χ3v) is 8.46. The highest BCUT2D eigenvalue weighted by atomic mass is 32.2. The van der Waals surface area contributed by atoms with Gasteiger partial charge in [-0.05, 0) is 41.0 Å². The van der Waals surface area contributed by atoms with E-state index in [2.05, 4.69) is 10.1 Å². The Balaban J connectivity index is 1.65. The van der Waals surface area contributed by atoms with Crippen molar-refractivity contribution in [2.45, 2.75) is 71.5 Å². The summed E-state index contributed by atoms with van der Waals surface area (Å²) < 4.78 is 30.1. The number of hydrogen-bond acceptors (Lipinski definition) is 13. The highest BCUT2D eigenvalue weighted by molar-refractivity contribution is 8.03. The Bertz CT molecular complexity index is 1060. The van der Waals surface area contributed by atoms with Crippen LogP contribution in [0.25, 0.3) is 0 Å². The number of ether oxygens (including phenoxy) is 6. The molecule has 0 aromatic heterocycles. The van der Waals surface area contributed by atoms with Gasteiger partial charge in [0.2, 0.25) is 19.5 Å². The van der Waals surface area contributed by atoms with E-state index in [1.165, 1.54) is 23.6 Å². The number of alkyl carbamates (subject to hydrolysis) is 1. The molecule has 3 aliphatic heterocycles. The molecule has 6 atom stereocenters. The number of thioether (sulfide) groups is 1. The van der Waals surface area contributed by atoms with Gasteiger partial charge in [0, 0.05) is 29.2 Å². The fourth-order valence-electron chi connectivity index (χ4n) is 4.73. The van der Waals surface area contributed by atoms with Crippen LogP contribution in [0.15, 0.2) is 10.6 Å². The van der Waals surface area contributed by atoms with Gasteiger partial charge in [-0.1, -0.05) is 6.92 Å². The largest absolute Gasteiger partial charge is 0.511 e. The van der Waals surface area contributed by atoms with Crippen molar-refractivity contribution >= 4 is 41.9 Å². The molecule has 2 fully saturated rings. The molecule has 2 amide bonds. The Hall–Kier alpha value is -3.04. The van der Waals surface area contributed by atoms with Gasteiger partial charge in [0.1, 0.15) is 5.70 Å². The number of nitrogens with zero attached hydrogens (tertiary/aromatic N) is 1. The molecule has 0 bridgehead atoms. The van der Waals surface area contributed by atoms with E-state index in [1.807, 2.05) is 6.92 Å². The Labute approximate surface area is 242 Å². The number of aliphatic hydroxyl groups excluding tert-OH is 1. The summed E-state index contributed by atoms with van der Waals surface area (Å²) in [5.74, 6) is -2.75. The SMILES string of the molecule is CCOC(=O)OCOC(=O)C1=C(S[C@@H]2CCO[C@@H]2CNC(=O)OCOC(=O)C(C)(C)C)[C@H](C)C2[C@@H]([C@@H](C)O)C(=O)N12. The van der Waals surface area contributed by atoms with Crippen molar-refractivity contribution in [3.8, 4) is 0 Å². The smallest absolute Gasteiger partial charge is 0.435 e. The van der Waals surface area contributed by atoms with E-state index in [4.69, 9.17) is 23.7 Å². The van der Waals surface area contributed by atoms with Crippen molar-refractivity contribution in [3.63, 3.8) is 0 Å². The number of hydrogen-bond donors (Lipinski definition) is 2. The van der Waals surface area contributed by atoms with Gasteiger partial charge in [-0.3, -0.25) is 9.59 Å². The molecule has 0 radical (unpaired) electrons. The van der Waals surface area contributed by atoms with Gasteiger partial charge in [-0.2, -0.15) is 0 Å². The number of esters is 2. The summed E-state index contributed by atoms with van der Waals surface area (Å²) in [6, 6.07) is -0.441. The summed E-state index contributed by atoms with van der Waals surface area (Å²) in [4.78, 5) is 63.3. The molecular formula is C26H38N2O12S. The van der Waals surface area contributed by atoms with Crippen LogP contribution in [0.3, 0.4) is 0 Å². The zero-order chi connectivity index (χ0) is 30.5. The number of β-lactam (4-membered cyclic amide) rings is 1. The standard InChI is InChI=1S/C26H38N2O12S/c1-7-35-25(34)40-11-37-22(31)19-20(13(2)18-17(14(3)29)21(30)28(18)19)41-16-8-9-36-15(16)10-27-24(33)39-12-38-23(32)26(4,5)6/h13-18,29H,7-12H2,1-6H3,(H,27,33)/t13-,14-,15-,16-,17-,18?/m1/s1. The average Bonchev–Trinajstić information content (AvgIpc) is 3.42. The van der Waals surface area contributed by atoms with Gasteiger partial charge in [-0.25, -0.2) is 14.4 Å². The molecule has 0 saturated carbocycles. The lowest BCUT2D eigenvalue weighted by molar-refractivity contribution is -0.166. The zero-order valence-corrected chi connectivity index (χ0v) is 24.8. The summed E-state index contributed by atoms with van der Waals surface area (Å²) >= 11 is 1.34. The van der Waals surface area contributed by atoms with Crippen LogP contribution in [0, 0.1) is 17.3 Å². The van der Waals surface area contributed by atoms with E-state index in [0.29, 0.717) is 17.9 Å². The average molecular weight is 603 g/mol. The van der Waals surface area contributed by atoms with Crippen molar-refractivity contribution in [2.75, 3.05) is 33.3 Å². The molecule has 3 rings (SSSR count). The number of amides is 2. The van der Waals surface area contributed by atoms with Gasteiger partial charge >= 0.3 is 24.2 Å². The minimum atomic E-state index is -1.000. The maximum Gasteiger partial charge on any atom is 0.511 e. The molecule has 0 aromatic rings. The molecule has 2 N–H and O–H groups in total. The van der Waals surface area contributed by atoms with Gasteiger partial charge < -0.3 is 43.7 Å². The normalized spacial score (nSPS) is 26.1. The van der Waals surface area contributed by atoms with E-state index in [1.54, 1.807) is 27.7 Å². The number of fused-ring (bicyclic) bond motifs is 1. The fraction of sp³-hybridized carbons (Fsp3) is 0.731. The Morgan fingerprint density at radius 3 is 2.44 bits per heavy atom. The first-order chi connectivity index (χ1) is 19.3. The second-order valence-corrected chi connectivity index (χ2v) is 12.1. The Morgan fingerprint density at radius 1 is 1.12 bits per heavy atom. The highest BCUT2D eigenvalue weighted by Gasteiger charge is 2.60. The zero-order valence-electron chi connectivity index (χ0n) is 24.0. The highest BCUT2D eigenvalue weighted by Crippen LogP contribution is 2.52. The molecule has 0 spiro atoms. The van der Waals surface area contributed by atoms with E-state index in [9.17, 15) is 29.1 Å². The number of carbonyl (C=O) groups excluding carboxylic acids is 5. The first-order valence-corrected chi connectivity index (χ1v) is 14.2. The van der Waals surface area contributed by atoms with Crippen LogP contribution < -0.4 is 5.32 Å². The minimum absolute atomic E-state index is 0.0283. The molecule has 230 valence electrons. The molecule has 3 aliphatic rings. The van der Waals surface area contributed by atoms with Gasteiger partial charge in [-0.15, -0.1) is 11.8 Å². The van der Waals surface area contributed by atoms with Crippen LogP contribution in [-0.4, -0.2) is 96.9 Å². The number of nitrogens with one attached hydrogen (secondary N) is 1. The van der Waals surface area contributed by atoms with Crippen LogP contribution in [0.5, 0.6) is 0 Å². The van der Waals surface area contributed by atoms with E-state index < -0.39 is 73.3 Å². The van der Waals surface area contributed by atoms with Crippen LogP contribution in [0.1, 0.15) is 48.0 Å². The maximum atomic E-state index is 13.1. The first kappa shape index (κ1) is 32.5. The summed E-state index contributed by atoms with van der Waals surface area (Å²) in [7, 11) is 0. The van der Waals surface area contributed by atoms with Crippen LogP contribution in [0.2, 0.25) is 0 Å². The third kappa shape index (κ3) is 7.63. The van der Waals surface area contributed by atoms with Crippen molar-refractivity contribution < 1.29 is 57.5 Å². The second-order valence-electron chi connectivity index (χ2n) is 10.8. The van der Waals surface area contributed by atoms with Crippen molar-refractivity contribution in [2.24, 2.45) is 17.3 Å². The van der Waals surface area contributed by atoms with E-state index >= 15 is 0 Å². The van der Waals surface area contributed by atoms with Crippen molar-refractivity contribution in [1.82, 2.24) is 10.2 Å². The third-order valence-electron chi connectivity index (χ3n) is 6.80. The molecule has 3 heterocycles. The lowest BCUT2D eigenvalue weighted by Gasteiger charge is -2.46. The fourth-order valence-corrected chi connectivity index (χ4v) is 6.25. The monoisotopic (exact) mass is 602 g/mol. The van der Waals surface area contributed by atoms with Crippen LogP contribution in [0.4, 0.5) is 9.59 Å². The van der Waals surface area contributed by atoms with Crippen molar-refractivity contribution in [1.29, 1.82) is 0 Å². The molecule has 15 heteroatoms. The van der Waals surface area contributed by atoms with Gasteiger partial charge in [0.05, 0.1) is 36.2 Å². The number of rotatable bonds is 11. The molecule has 1 unspecified atom stereocenters. The topological polar surface area (TPSA) is 176 Å². The molecule has 0 aromatic carbocycles. The minimum Gasteiger partial charge on any atom is -0.435 e. The molecule has 2 saturated heterocycles. The second kappa shape index (κ2) is 13.7. The van der Waals surface area contributed by atoms with Crippen molar-refractivity contribution in [3.05, 3.63) is 10.6 Å². The van der Waals surface area contributed by atoms with E-state index in [-0.39, 0.29) is 30.0 Å². The van der Waals surface area contributed by atoms with Crippen LogP contribution >= 0.6 is 11.8 Å². The summed E-state index contributed by atoms with van der Waals surface area (Å²) in [5.41, 5.74) is -0.705. The Morgan fingerprint density at radius 2 is 1.80 bits per heavy atom. The molecular weight excluding hydrogens is 564 g/mol. The predicted octanol–water partition coefficient (Wildman–Crippen LogP) is 1.89. The number of aliphatic hydroxyl groups is 1.